The molecule has 2 amide bonds. The second-order valence-corrected chi connectivity index (χ2v) is 7.09. The number of nitrogens with one attached hydrogen (secondary N) is 1. The Morgan fingerprint density at radius 1 is 1.14 bits per heavy atom. The molecule has 0 bridgehead atoms. The highest BCUT2D eigenvalue weighted by atomic mass is 35.5. The molecular weight excluding hydrogens is 376 g/mol. The van der Waals surface area contributed by atoms with Gasteiger partial charge < -0.3 is 15.0 Å². The molecule has 0 aliphatic heterocycles. The molecule has 0 aromatic heterocycles. The van der Waals surface area contributed by atoms with Crippen LogP contribution in [0.1, 0.15) is 31.4 Å². The molecule has 0 saturated carbocycles. The number of ether oxygens (including phenoxy) is 1. The quantitative estimate of drug-likeness (QED) is 0.690. The Morgan fingerprint density at radius 3 is 2.46 bits per heavy atom. The Bertz CT molecular complexity index is 793. The summed E-state index contributed by atoms with van der Waals surface area (Å²) < 4.78 is 5.63. The number of benzene rings is 2. The van der Waals surface area contributed by atoms with E-state index in [1.807, 2.05) is 56.3 Å². The van der Waals surface area contributed by atoms with E-state index in [9.17, 15) is 9.59 Å². The molecule has 2 aromatic carbocycles. The van der Waals surface area contributed by atoms with E-state index < -0.39 is 6.04 Å². The fraction of sp³-hybridized carbons (Fsp3) is 0.364. The van der Waals surface area contributed by atoms with Crippen molar-refractivity contribution in [3.05, 3.63) is 64.7 Å². The van der Waals surface area contributed by atoms with Gasteiger partial charge in [0.15, 0.2) is 6.61 Å². The van der Waals surface area contributed by atoms with Crippen molar-refractivity contribution in [1.29, 1.82) is 0 Å². The minimum Gasteiger partial charge on any atom is -0.484 e. The first-order chi connectivity index (χ1) is 13.4. The molecule has 0 saturated heterocycles. The molecule has 0 heterocycles. The highest BCUT2D eigenvalue weighted by molar-refractivity contribution is 6.31. The van der Waals surface area contributed by atoms with Crippen LogP contribution in [0.4, 0.5) is 0 Å². The standard InChI is InChI=1S/C22H27ClN2O3/c1-4-13-24-22(27)17(3)25(14-18-7-5-6-8-20(18)23)21(26)15-28-19-11-9-16(2)10-12-19/h5-12,17H,4,13-15H2,1-3H3,(H,24,27). The number of rotatable bonds is 9. The van der Waals surface area contributed by atoms with Crippen LogP contribution in [0.25, 0.3) is 0 Å². The summed E-state index contributed by atoms with van der Waals surface area (Å²) >= 11 is 6.26. The average molecular weight is 403 g/mol. The van der Waals surface area contributed by atoms with Crippen molar-refractivity contribution in [2.45, 2.75) is 39.8 Å². The predicted octanol–water partition coefficient (Wildman–Crippen LogP) is 3.97. The van der Waals surface area contributed by atoms with E-state index in [4.69, 9.17) is 16.3 Å². The Labute approximate surface area is 171 Å². The van der Waals surface area contributed by atoms with E-state index in [-0.39, 0.29) is 25.0 Å². The lowest BCUT2D eigenvalue weighted by Gasteiger charge is -2.29. The Hall–Kier alpha value is -2.53. The molecule has 1 N–H and O–H groups in total. The van der Waals surface area contributed by atoms with Gasteiger partial charge in [-0.05, 0) is 44.0 Å². The number of halogens is 1. The maximum absolute atomic E-state index is 12.9. The topological polar surface area (TPSA) is 58.6 Å². The number of carbonyl (C=O) groups is 2. The van der Waals surface area contributed by atoms with Gasteiger partial charge in [0.2, 0.25) is 5.91 Å². The first-order valence-corrected chi connectivity index (χ1v) is 9.80. The predicted molar refractivity (Wildman–Crippen MR) is 111 cm³/mol. The van der Waals surface area contributed by atoms with Crippen molar-refractivity contribution in [3.8, 4) is 5.75 Å². The van der Waals surface area contributed by atoms with Gasteiger partial charge in [-0.2, -0.15) is 0 Å². The highest BCUT2D eigenvalue weighted by Crippen LogP contribution is 2.19. The minimum atomic E-state index is -0.642. The molecule has 6 heteroatoms. The molecule has 0 fully saturated rings. The van der Waals surface area contributed by atoms with Gasteiger partial charge in [0.25, 0.3) is 5.91 Å². The van der Waals surface area contributed by atoms with E-state index in [0.717, 1.165) is 17.5 Å². The fourth-order valence-electron chi connectivity index (χ4n) is 2.65. The van der Waals surface area contributed by atoms with Crippen LogP contribution in [0.2, 0.25) is 5.02 Å². The number of hydrogen-bond donors (Lipinski definition) is 1. The summed E-state index contributed by atoms with van der Waals surface area (Å²) in [5.74, 6) is 0.136. The lowest BCUT2D eigenvalue weighted by Crippen LogP contribution is -2.49. The molecule has 0 radical (unpaired) electrons. The SMILES string of the molecule is CCCNC(=O)C(C)N(Cc1ccccc1Cl)C(=O)COc1ccc(C)cc1. The number of amides is 2. The molecule has 0 aliphatic carbocycles. The summed E-state index contributed by atoms with van der Waals surface area (Å²) in [6.45, 7) is 6.32. The molecule has 150 valence electrons. The maximum Gasteiger partial charge on any atom is 0.261 e. The number of carbonyl (C=O) groups excluding carboxylic acids is 2. The second kappa shape index (κ2) is 10.7. The lowest BCUT2D eigenvalue weighted by atomic mass is 10.1. The van der Waals surface area contributed by atoms with Gasteiger partial charge in [0.1, 0.15) is 11.8 Å². The Kier molecular flexibility index (Phi) is 8.33. The third-order valence-electron chi connectivity index (χ3n) is 4.40. The number of nitrogens with zero attached hydrogens (tertiary/aromatic N) is 1. The van der Waals surface area contributed by atoms with Crippen molar-refractivity contribution >= 4 is 23.4 Å². The largest absolute Gasteiger partial charge is 0.484 e. The monoisotopic (exact) mass is 402 g/mol. The molecule has 28 heavy (non-hydrogen) atoms. The van der Waals surface area contributed by atoms with E-state index in [1.54, 1.807) is 13.0 Å². The fourth-order valence-corrected chi connectivity index (χ4v) is 2.85. The van der Waals surface area contributed by atoms with Crippen LogP contribution < -0.4 is 10.1 Å². The first-order valence-electron chi connectivity index (χ1n) is 9.42. The van der Waals surface area contributed by atoms with Gasteiger partial charge in [-0.3, -0.25) is 9.59 Å². The Morgan fingerprint density at radius 2 is 1.82 bits per heavy atom. The molecular formula is C22H27ClN2O3. The third kappa shape index (κ3) is 6.27. The van der Waals surface area contributed by atoms with Crippen LogP contribution in [0.5, 0.6) is 5.75 Å². The van der Waals surface area contributed by atoms with Crippen LogP contribution in [-0.4, -0.2) is 35.9 Å². The van der Waals surface area contributed by atoms with Crippen molar-refractivity contribution in [3.63, 3.8) is 0 Å². The van der Waals surface area contributed by atoms with Crippen molar-refractivity contribution in [2.24, 2.45) is 0 Å². The summed E-state index contributed by atoms with van der Waals surface area (Å²) in [6, 6.07) is 14.1. The Balaban J connectivity index is 2.13. The van der Waals surface area contributed by atoms with Crippen LogP contribution >= 0.6 is 11.6 Å². The molecule has 2 aromatic rings. The molecule has 0 spiro atoms. The van der Waals surface area contributed by atoms with Gasteiger partial charge in [-0.1, -0.05) is 54.4 Å². The van der Waals surface area contributed by atoms with E-state index in [0.29, 0.717) is 17.3 Å². The van der Waals surface area contributed by atoms with Gasteiger partial charge in [0, 0.05) is 18.1 Å². The lowest BCUT2D eigenvalue weighted by molar-refractivity contribution is -0.142. The summed E-state index contributed by atoms with van der Waals surface area (Å²) in [7, 11) is 0. The number of aryl methyl sites for hydroxylation is 1. The van der Waals surface area contributed by atoms with E-state index in [1.165, 1.54) is 4.90 Å². The van der Waals surface area contributed by atoms with Crippen molar-refractivity contribution in [2.75, 3.05) is 13.2 Å². The van der Waals surface area contributed by atoms with Crippen LogP contribution in [0, 0.1) is 6.92 Å². The zero-order chi connectivity index (χ0) is 20.5. The van der Waals surface area contributed by atoms with Crippen molar-refractivity contribution in [1.82, 2.24) is 10.2 Å². The summed E-state index contributed by atoms with van der Waals surface area (Å²) in [5, 5.41) is 3.40. The van der Waals surface area contributed by atoms with Gasteiger partial charge in [-0.15, -0.1) is 0 Å². The summed E-state index contributed by atoms with van der Waals surface area (Å²) in [6.07, 6.45) is 0.827. The average Bonchev–Trinajstić information content (AvgIpc) is 2.70. The van der Waals surface area contributed by atoms with E-state index >= 15 is 0 Å². The van der Waals surface area contributed by atoms with Crippen molar-refractivity contribution < 1.29 is 14.3 Å². The van der Waals surface area contributed by atoms with Gasteiger partial charge in [0.05, 0.1) is 0 Å². The highest BCUT2D eigenvalue weighted by Gasteiger charge is 2.26. The van der Waals surface area contributed by atoms with Crippen LogP contribution in [0.3, 0.4) is 0 Å². The van der Waals surface area contributed by atoms with Gasteiger partial charge >= 0.3 is 0 Å². The maximum atomic E-state index is 12.9. The smallest absolute Gasteiger partial charge is 0.261 e. The van der Waals surface area contributed by atoms with E-state index in [2.05, 4.69) is 5.32 Å². The zero-order valence-corrected chi connectivity index (χ0v) is 17.3. The van der Waals surface area contributed by atoms with Gasteiger partial charge in [-0.25, -0.2) is 0 Å². The number of hydrogen-bond acceptors (Lipinski definition) is 3. The normalized spacial score (nSPS) is 11.6. The molecule has 1 unspecified atom stereocenters. The van der Waals surface area contributed by atoms with Crippen LogP contribution in [-0.2, 0) is 16.1 Å². The summed E-state index contributed by atoms with van der Waals surface area (Å²) in [5.41, 5.74) is 1.89. The second-order valence-electron chi connectivity index (χ2n) is 6.68. The molecule has 2 rings (SSSR count). The molecule has 0 aliphatic rings. The molecule has 5 nitrogen and oxygen atoms in total. The zero-order valence-electron chi connectivity index (χ0n) is 16.6. The molecule has 1 atom stereocenters. The minimum absolute atomic E-state index is 0.154. The summed E-state index contributed by atoms with van der Waals surface area (Å²) in [4.78, 5) is 26.9. The first kappa shape index (κ1) is 21.8. The third-order valence-corrected chi connectivity index (χ3v) is 4.77. The van der Waals surface area contributed by atoms with Crippen LogP contribution in [0.15, 0.2) is 48.5 Å².